The summed E-state index contributed by atoms with van der Waals surface area (Å²) < 4.78 is 1.07. The normalized spacial score (nSPS) is 13.9. The van der Waals surface area contributed by atoms with Crippen LogP contribution in [0.1, 0.15) is 50.8 Å². The smallest absolute Gasteiger partial charge is 0.0793 e. The zero-order valence-electron chi connectivity index (χ0n) is 10.5. The van der Waals surface area contributed by atoms with Gasteiger partial charge in [-0.2, -0.15) is 0 Å². The van der Waals surface area contributed by atoms with Crippen molar-refractivity contribution in [3.8, 4) is 0 Å². The topological polar surface area (TPSA) is 20.2 Å². The Hall–Kier alpha value is -0.340. The maximum absolute atomic E-state index is 10.2. The molecule has 0 saturated carbocycles. The van der Waals surface area contributed by atoms with Gasteiger partial charge in [0.15, 0.2) is 0 Å². The van der Waals surface area contributed by atoms with Crippen LogP contribution in [-0.4, -0.2) is 5.11 Å². The molecule has 0 aliphatic rings. The van der Waals surface area contributed by atoms with E-state index in [1.54, 1.807) is 0 Å². The highest BCUT2D eigenvalue weighted by Gasteiger charge is 2.16. The average Bonchev–Trinajstić information content (AvgIpc) is 2.17. The minimum atomic E-state index is -0.350. The van der Waals surface area contributed by atoms with Crippen LogP contribution in [0.15, 0.2) is 22.7 Å². The van der Waals surface area contributed by atoms with Gasteiger partial charge in [0.2, 0.25) is 0 Å². The van der Waals surface area contributed by atoms with Crippen molar-refractivity contribution in [2.75, 3.05) is 0 Å². The van der Waals surface area contributed by atoms with Gasteiger partial charge in [0.1, 0.15) is 0 Å². The second-order valence-electron chi connectivity index (χ2n) is 5.57. The van der Waals surface area contributed by atoms with Gasteiger partial charge >= 0.3 is 0 Å². The van der Waals surface area contributed by atoms with Crippen molar-refractivity contribution in [1.29, 1.82) is 0 Å². The van der Waals surface area contributed by atoms with Crippen molar-refractivity contribution in [1.82, 2.24) is 0 Å². The molecule has 90 valence electrons. The number of benzene rings is 1. The highest BCUT2D eigenvalue weighted by atomic mass is 79.9. The van der Waals surface area contributed by atoms with Gasteiger partial charge in [0.25, 0.3) is 0 Å². The lowest BCUT2D eigenvalue weighted by Gasteiger charge is -2.21. The van der Waals surface area contributed by atoms with E-state index in [0.29, 0.717) is 0 Å². The number of hydrogen-bond donors (Lipinski definition) is 1. The van der Waals surface area contributed by atoms with Gasteiger partial charge in [-0.25, -0.2) is 0 Å². The SMILES string of the molecule is Cc1c(Br)cccc1C(O)CCC(C)(C)C. The van der Waals surface area contributed by atoms with Crippen LogP contribution in [0.3, 0.4) is 0 Å². The Morgan fingerprint density at radius 3 is 2.50 bits per heavy atom. The van der Waals surface area contributed by atoms with Crippen molar-refractivity contribution in [2.24, 2.45) is 5.41 Å². The van der Waals surface area contributed by atoms with Crippen LogP contribution < -0.4 is 0 Å². The van der Waals surface area contributed by atoms with E-state index in [0.717, 1.165) is 28.4 Å². The summed E-state index contributed by atoms with van der Waals surface area (Å²) >= 11 is 3.49. The Kier molecular flexibility index (Phi) is 4.57. The molecule has 1 atom stereocenters. The Morgan fingerprint density at radius 1 is 1.31 bits per heavy atom. The summed E-state index contributed by atoms with van der Waals surface area (Å²) in [6.07, 6.45) is 1.50. The lowest BCUT2D eigenvalue weighted by molar-refractivity contribution is 0.147. The second kappa shape index (κ2) is 5.33. The third-order valence-electron chi connectivity index (χ3n) is 2.84. The van der Waals surface area contributed by atoms with E-state index in [4.69, 9.17) is 0 Å². The first-order valence-electron chi connectivity index (χ1n) is 5.74. The number of aliphatic hydroxyl groups is 1. The Morgan fingerprint density at radius 2 is 1.94 bits per heavy atom. The van der Waals surface area contributed by atoms with E-state index in [9.17, 15) is 5.11 Å². The van der Waals surface area contributed by atoms with Gasteiger partial charge in [-0.3, -0.25) is 0 Å². The molecule has 1 rings (SSSR count). The molecule has 16 heavy (non-hydrogen) atoms. The summed E-state index contributed by atoms with van der Waals surface area (Å²) in [5, 5.41) is 10.2. The molecule has 1 aromatic carbocycles. The number of halogens is 1. The van der Waals surface area contributed by atoms with E-state index in [1.165, 1.54) is 0 Å². The molecule has 0 aliphatic carbocycles. The molecule has 0 bridgehead atoms. The first-order valence-corrected chi connectivity index (χ1v) is 6.53. The van der Waals surface area contributed by atoms with Crippen LogP contribution in [0.4, 0.5) is 0 Å². The summed E-state index contributed by atoms with van der Waals surface area (Å²) in [6.45, 7) is 8.65. The van der Waals surface area contributed by atoms with Crippen LogP contribution in [-0.2, 0) is 0 Å². The minimum Gasteiger partial charge on any atom is -0.388 e. The van der Waals surface area contributed by atoms with E-state index < -0.39 is 0 Å². The Labute approximate surface area is 107 Å². The van der Waals surface area contributed by atoms with Crippen molar-refractivity contribution in [3.63, 3.8) is 0 Å². The van der Waals surface area contributed by atoms with Crippen molar-refractivity contribution in [3.05, 3.63) is 33.8 Å². The molecule has 0 heterocycles. The molecule has 0 aliphatic heterocycles. The molecule has 1 nitrogen and oxygen atoms in total. The van der Waals surface area contributed by atoms with Crippen LogP contribution in [0, 0.1) is 12.3 Å². The van der Waals surface area contributed by atoms with Gasteiger partial charge in [0, 0.05) is 4.47 Å². The van der Waals surface area contributed by atoms with Crippen molar-refractivity contribution >= 4 is 15.9 Å². The molecule has 1 aromatic rings. The zero-order valence-corrected chi connectivity index (χ0v) is 12.1. The standard InChI is InChI=1S/C14H21BrO/c1-10-11(6-5-7-12(10)15)13(16)8-9-14(2,3)4/h5-7,13,16H,8-9H2,1-4H3. The fourth-order valence-electron chi connectivity index (χ4n) is 1.71. The summed E-state index contributed by atoms with van der Waals surface area (Å²) in [5.74, 6) is 0. The summed E-state index contributed by atoms with van der Waals surface area (Å²) in [7, 11) is 0. The highest BCUT2D eigenvalue weighted by molar-refractivity contribution is 9.10. The second-order valence-corrected chi connectivity index (χ2v) is 6.42. The zero-order chi connectivity index (χ0) is 12.3. The summed E-state index contributed by atoms with van der Waals surface area (Å²) in [4.78, 5) is 0. The van der Waals surface area contributed by atoms with Crippen LogP contribution >= 0.6 is 15.9 Å². The van der Waals surface area contributed by atoms with Crippen molar-refractivity contribution in [2.45, 2.75) is 46.6 Å². The van der Waals surface area contributed by atoms with Gasteiger partial charge in [-0.1, -0.05) is 48.8 Å². The highest BCUT2D eigenvalue weighted by Crippen LogP contribution is 2.30. The van der Waals surface area contributed by atoms with E-state index in [1.807, 2.05) is 25.1 Å². The molecule has 0 radical (unpaired) electrons. The van der Waals surface area contributed by atoms with Crippen molar-refractivity contribution < 1.29 is 5.11 Å². The summed E-state index contributed by atoms with van der Waals surface area (Å²) in [6, 6.07) is 6.00. The third kappa shape index (κ3) is 3.91. The average molecular weight is 285 g/mol. The third-order valence-corrected chi connectivity index (χ3v) is 3.70. The number of hydrogen-bond acceptors (Lipinski definition) is 1. The number of rotatable bonds is 3. The van der Waals surface area contributed by atoms with Crippen LogP contribution in [0.2, 0.25) is 0 Å². The molecular formula is C14H21BrO. The fraction of sp³-hybridized carbons (Fsp3) is 0.571. The predicted octanol–water partition coefficient (Wildman–Crippen LogP) is 4.62. The monoisotopic (exact) mass is 284 g/mol. The first-order chi connectivity index (χ1) is 7.31. The maximum atomic E-state index is 10.2. The summed E-state index contributed by atoms with van der Waals surface area (Å²) in [5.41, 5.74) is 2.46. The van der Waals surface area contributed by atoms with Crippen LogP contribution in [0.5, 0.6) is 0 Å². The lowest BCUT2D eigenvalue weighted by atomic mass is 9.87. The Balaban J connectivity index is 2.73. The fourth-order valence-corrected chi connectivity index (χ4v) is 2.09. The molecule has 0 aromatic heterocycles. The molecular weight excluding hydrogens is 264 g/mol. The van der Waals surface area contributed by atoms with Gasteiger partial charge in [-0.15, -0.1) is 0 Å². The molecule has 1 N–H and O–H groups in total. The quantitative estimate of drug-likeness (QED) is 0.859. The maximum Gasteiger partial charge on any atom is 0.0793 e. The predicted molar refractivity (Wildman–Crippen MR) is 72.5 cm³/mol. The van der Waals surface area contributed by atoms with E-state index in [-0.39, 0.29) is 11.5 Å². The number of aliphatic hydroxyl groups excluding tert-OH is 1. The molecule has 0 amide bonds. The molecule has 0 fully saturated rings. The first kappa shape index (κ1) is 13.7. The van der Waals surface area contributed by atoms with Crippen LogP contribution in [0.25, 0.3) is 0 Å². The van der Waals surface area contributed by atoms with Gasteiger partial charge < -0.3 is 5.11 Å². The molecule has 2 heteroatoms. The molecule has 0 spiro atoms. The largest absolute Gasteiger partial charge is 0.388 e. The molecule has 0 saturated heterocycles. The minimum absolute atomic E-state index is 0.279. The van der Waals surface area contributed by atoms with Gasteiger partial charge in [-0.05, 0) is 42.4 Å². The molecule has 1 unspecified atom stereocenters. The van der Waals surface area contributed by atoms with E-state index >= 15 is 0 Å². The van der Waals surface area contributed by atoms with Gasteiger partial charge in [0.05, 0.1) is 6.10 Å². The van der Waals surface area contributed by atoms with E-state index in [2.05, 4.69) is 36.7 Å². The Bertz CT molecular complexity index is 352. The lowest BCUT2D eigenvalue weighted by Crippen LogP contribution is -2.09.